The SMILES string of the molecule is CC(=O)OCCc1ccccc1OC(C)C. The van der Waals surface area contributed by atoms with Crippen LogP contribution in [0.3, 0.4) is 0 Å². The molecular weight excluding hydrogens is 204 g/mol. The van der Waals surface area contributed by atoms with Gasteiger partial charge in [0.05, 0.1) is 12.7 Å². The summed E-state index contributed by atoms with van der Waals surface area (Å²) < 4.78 is 10.6. The van der Waals surface area contributed by atoms with Crippen molar-refractivity contribution >= 4 is 5.97 Å². The quantitative estimate of drug-likeness (QED) is 0.718. The van der Waals surface area contributed by atoms with Crippen LogP contribution in [0.25, 0.3) is 0 Å². The summed E-state index contributed by atoms with van der Waals surface area (Å²) in [6.07, 6.45) is 0.831. The van der Waals surface area contributed by atoms with Gasteiger partial charge in [0.25, 0.3) is 0 Å². The maximum atomic E-state index is 10.6. The van der Waals surface area contributed by atoms with E-state index in [4.69, 9.17) is 9.47 Å². The molecule has 0 saturated heterocycles. The van der Waals surface area contributed by atoms with Crippen LogP contribution in [0.2, 0.25) is 0 Å². The van der Waals surface area contributed by atoms with Crippen LogP contribution in [0.5, 0.6) is 5.75 Å². The van der Waals surface area contributed by atoms with Gasteiger partial charge in [0.2, 0.25) is 0 Å². The van der Waals surface area contributed by atoms with Gasteiger partial charge in [-0.25, -0.2) is 0 Å². The number of carbonyl (C=O) groups excluding carboxylic acids is 1. The lowest BCUT2D eigenvalue weighted by Crippen LogP contribution is -2.09. The highest BCUT2D eigenvalue weighted by Crippen LogP contribution is 2.19. The van der Waals surface area contributed by atoms with Crippen LogP contribution in [0.1, 0.15) is 26.3 Å². The number of ether oxygens (including phenoxy) is 2. The van der Waals surface area contributed by atoms with Gasteiger partial charge in [0.15, 0.2) is 0 Å². The van der Waals surface area contributed by atoms with Crippen LogP contribution >= 0.6 is 0 Å². The predicted octanol–water partition coefficient (Wildman–Crippen LogP) is 2.58. The van der Waals surface area contributed by atoms with Crippen molar-refractivity contribution in [2.75, 3.05) is 6.61 Å². The number of para-hydroxylation sites is 1. The van der Waals surface area contributed by atoms with E-state index in [2.05, 4.69) is 0 Å². The third-order valence-electron chi connectivity index (χ3n) is 2.01. The highest BCUT2D eigenvalue weighted by Gasteiger charge is 2.05. The standard InChI is InChI=1S/C13H18O3/c1-10(2)16-13-7-5-4-6-12(13)8-9-15-11(3)14/h4-7,10H,8-9H2,1-3H3. The maximum Gasteiger partial charge on any atom is 0.302 e. The van der Waals surface area contributed by atoms with Gasteiger partial charge in [-0.1, -0.05) is 18.2 Å². The maximum absolute atomic E-state index is 10.6. The van der Waals surface area contributed by atoms with E-state index >= 15 is 0 Å². The molecule has 0 amide bonds. The number of carbonyl (C=O) groups is 1. The summed E-state index contributed by atoms with van der Waals surface area (Å²) in [5.74, 6) is 0.618. The molecule has 0 aliphatic carbocycles. The predicted molar refractivity (Wildman–Crippen MR) is 62.5 cm³/mol. The van der Waals surface area contributed by atoms with Gasteiger partial charge in [-0.2, -0.15) is 0 Å². The van der Waals surface area contributed by atoms with Crippen molar-refractivity contribution < 1.29 is 14.3 Å². The summed E-state index contributed by atoms with van der Waals surface area (Å²) in [6, 6.07) is 7.81. The van der Waals surface area contributed by atoms with E-state index in [9.17, 15) is 4.79 Å². The molecule has 1 aromatic carbocycles. The minimum atomic E-state index is -0.248. The summed E-state index contributed by atoms with van der Waals surface area (Å²) in [7, 11) is 0. The molecule has 0 aromatic heterocycles. The van der Waals surface area contributed by atoms with E-state index in [1.165, 1.54) is 6.92 Å². The van der Waals surface area contributed by atoms with Crippen LogP contribution in [-0.4, -0.2) is 18.7 Å². The number of benzene rings is 1. The highest BCUT2D eigenvalue weighted by atomic mass is 16.5. The largest absolute Gasteiger partial charge is 0.491 e. The molecule has 3 nitrogen and oxygen atoms in total. The smallest absolute Gasteiger partial charge is 0.302 e. The summed E-state index contributed by atoms with van der Waals surface area (Å²) in [6.45, 7) is 5.79. The average Bonchev–Trinajstić information content (AvgIpc) is 2.19. The number of esters is 1. The van der Waals surface area contributed by atoms with Crippen molar-refractivity contribution in [2.45, 2.75) is 33.3 Å². The normalized spacial score (nSPS) is 10.2. The second kappa shape index (κ2) is 6.16. The van der Waals surface area contributed by atoms with Crippen molar-refractivity contribution in [3.8, 4) is 5.75 Å². The second-order valence-electron chi connectivity index (χ2n) is 3.86. The van der Waals surface area contributed by atoms with Crippen molar-refractivity contribution in [3.05, 3.63) is 29.8 Å². The first-order valence-corrected chi connectivity index (χ1v) is 5.47. The Kier molecular flexibility index (Phi) is 4.83. The van der Waals surface area contributed by atoms with Gasteiger partial charge < -0.3 is 9.47 Å². The molecular formula is C13H18O3. The first-order chi connectivity index (χ1) is 7.59. The Balaban J connectivity index is 2.60. The molecule has 0 spiro atoms. The Morgan fingerprint density at radius 3 is 2.62 bits per heavy atom. The van der Waals surface area contributed by atoms with Crippen molar-refractivity contribution in [1.29, 1.82) is 0 Å². The fourth-order valence-corrected chi connectivity index (χ4v) is 1.38. The molecule has 0 radical (unpaired) electrons. The average molecular weight is 222 g/mol. The van der Waals surface area contributed by atoms with Gasteiger partial charge >= 0.3 is 5.97 Å². The van der Waals surface area contributed by atoms with Crippen LogP contribution in [0.15, 0.2) is 24.3 Å². The van der Waals surface area contributed by atoms with E-state index in [-0.39, 0.29) is 12.1 Å². The fourth-order valence-electron chi connectivity index (χ4n) is 1.38. The lowest BCUT2D eigenvalue weighted by molar-refractivity contribution is -0.140. The monoisotopic (exact) mass is 222 g/mol. The lowest BCUT2D eigenvalue weighted by Gasteiger charge is -2.13. The Bertz CT molecular complexity index is 345. The molecule has 0 aliphatic heterocycles. The Morgan fingerprint density at radius 2 is 2.00 bits per heavy atom. The fraction of sp³-hybridized carbons (Fsp3) is 0.462. The Labute approximate surface area is 96.4 Å². The lowest BCUT2D eigenvalue weighted by atomic mass is 10.1. The Hall–Kier alpha value is -1.51. The molecule has 88 valence electrons. The molecule has 16 heavy (non-hydrogen) atoms. The van der Waals surface area contributed by atoms with Crippen LogP contribution < -0.4 is 4.74 Å². The van der Waals surface area contributed by atoms with Crippen LogP contribution in [0.4, 0.5) is 0 Å². The third-order valence-corrected chi connectivity index (χ3v) is 2.01. The molecule has 1 aromatic rings. The summed E-state index contributed by atoms with van der Waals surface area (Å²) in [5.41, 5.74) is 1.07. The minimum absolute atomic E-state index is 0.148. The number of hydrogen-bond donors (Lipinski definition) is 0. The molecule has 0 fully saturated rings. The van der Waals surface area contributed by atoms with E-state index in [1.54, 1.807) is 0 Å². The van der Waals surface area contributed by atoms with Crippen molar-refractivity contribution in [2.24, 2.45) is 0 Å². The van der Waals surface area contributed by atoms with Gasteiger partial charge in [-0.3, -0.25) is 4.79 Å². The number of rotatable bonds is 5. The van der Waals surface area contributed by atoms with Crippen LogP contribution in [-0.2, 0) is 16.0 Å². The Morgan fingerprint density at radius 1 is 1.31 bits per heavy atom. The topological polar surface area (TPSA) is 35.5 Å². The van der Waals surface area contributed by atoms with Crippen molar-refractivity contribution in [3.63, 3.8) is 0 Å². The van der Waals surface area contributed by atoms with E-state index in [0.717, 1.165) is 11.3 Å². The molecule has 0 unspecified atom stereocenters. The van der Waals surface area contributed by atoms with Gasteiger partial charge in [-0.05, 0) is 25.5 Å². The first-order valence-electron chi connectivity index (χ1n) is 5.47. The van der Waals surface area contributed by atoms with Crippen molar-refractivity contribution in [1.82, 2.24) is 0 Å². The van der Waals surface area contributed by atoms with Crippen LogP contribution in [0, 0.1) is 0 Å². The number of hydrogen-bond acceptors (Lipinski definition) is 3. The van der Waals surface area contributed by atoms with Gasteiger partial charge in [0.1, 0.15) is 5.75 Å². The molecule has 0 aliphatic rings. The van der Waals surface area contributed by atoms with Gasteiger partial charge in [-0.15, -0.1) is 0 Å². The van der Waals surface area contributed by atoms with Gasteiger partial charge in [0, 0.05) is 13.3 Å². The summed E-state index contributed by atoms with van der Waals surface area (Å²) in [5, 5.41) is 0. The van der Waals surface area contributed by atoms with E-state index in [0.29, 0.717) is 13.0 Å². The first kappa shape index (κ1) is 12.6. The zero-order valence-electron chi connectivity index (χ0n) is 10.0. The van der Waals surface area contributed by atoms with E-state index < -0.39 is 0 Å². The van der Waals surface area contributed by atoms with E-state index in [1.807, 2.05) is 38.1 Å². The summed E-state index contributed by atoms with van der Waals surface area (Å²) >= 11 is 0. The molecule has 0 N–H and O–H groups in total. The molecule has 0 atom stereocenters. The molecule has 1 rings (SSSR count). The zero-order valence-corrected chi connectivity index (χ0v) is 10.0. The molecule has 3 heteroatoms. The highest BCUT2D eigenvalue weighted by molar-refractivity contribution is 5.65. The second-order valence-corrected chi connectivity index (χ2v) is 3.86. The summed E-state index contributed by atoms with van der Waals surface area (Å²) in [4.78, 5) is 10.6. The molecule has 0 saturated carbocycles. The molecule has 0 heterocycles. The zero-order chi connectivity index (χ0) is 12.0. The molecule has 0 bridgehead atoms. The third kappa shape index (κ3) is 4.34. The minimum Gasteiger partial charge on any atom is -0.491 e.